The van der Waals surface area contributed by atoms with Gasteiger partial charge in [-0.1, -0.05) is 0 Å². The van der Waals surface area contributed by atoms with Gasteiger partial charge in [-0.25, -0.2) is 15.0 Å². The molecule has 1 unspecified atom stereocenters. The Bertz CT molecular complexity index is 607. The van der Waals surface area contributed by atoms with E-state index >= 15 is 0 Å². The van der Waals surface area contributed by atoms with Crippen molar-refractivity contribution in [1.29, 1.82) is 0 Å². The summed E-state index contributed by atoms with van der Waals surface area (Å²) < 4.78 is 0. The van der Waals surface area contributed by atoms with Gasteiger partial charge in [0, 0.05) is 18.0 Å². The van der Waals surface area contributed by atoms with Gasteiger partial charge in [-0.2, -0.15) is 0 Å². The van der Waals surface area contributed by atoms with Crippen molar-refractivity contribution in [2.45, 2.75) is 25.8 Å². The Hall–Kier alpha value is -2.02. The fourth-order valence-electron chi connectivity index (χ4n) is 2.57. The molecule has 2 aromatic heterocycles. The van der Waals surface area contributed by atoms with Gasteiger partial charge in [-0.15, -0.1) is 11.3 Å². The van der Waals surface area contributed by atoms with Crippen molar-refractivity contribution in [2.75, 3.05) is 12.3 Å². The first-order valence-corrected chi connectivity index (χ1v) is 7.39. The van der Waals surface area contributed by atoms with Crippen molar-refractivity contribution in [3.05, 3.63) is 34.2 Å². The van der Waals surface area contributed by atoms with Crippen LogP contribution in [-0.2, 0) is 0 Å². The zero-order valence-corrected chi connectivity index (χ0v) is 11.9. The quantitative estimate of drug-likeness (QED) is 0.911. The number of anilines is 1. The molecule has 0 spiro atoms. The lowest BCUT2D eigenvalue weighted by atomic mass is 10.1. The first kappa shape index (κ1) is 13.0. The molecule has 2 N–H and O–H groups in total. The van der Waals surface area contributed by atoms with Crippen molar-refractivity contribution >= 4 is 23.1 Å². The molecule has 1 saturated heterocycles. The number of carbonyl (C=O) groups excluding carboxylic acids is 1. The van der Waals surface area contributed by atoms with Gasteiger partial charge < -0.3 is 10.6 Å². The highest BCUT2D eigenvalue weighted by Crippen LogP contribution is 2.32. The Morgan fingerprint density at radius 2 is 2.35 bits per heavy atom. The van der Waals surface area contributed by atoms with Gasteiger partial charge in [0.05, 0.1) is 17.2 Å². The predicted octanol–water partition coefficient (Wildman–Crippen LogP) is 1.80. The minimum atomic E-state index is -0.0383. The average Bonchev–Trinajstić information content (AvgIpc) is 3.08. The summed E-state index contributed by atoms with van der Waals surface area (Å²) in [7, 11) is 0. The van der Waals surface area contributed by atoms with Gasteiger partial charge in [0.25, 0.3) is 5.91 Å². The van der Waals surface area contributed by atoms with E-state index in [1.54, 1.807) is 23.9 Å². The van der Waals surface area contributed by atoms with Crippen molar-refractivity contribution in [2.24, 2.45) is 0 Å². The van der Waals surface area contributed by atoms with Crippen LogP contribution in [0.25, 0.3) is 0 Å². The minimum Gasteiger partial charge on any atom is -0.384 e. The Balaban J connectivity index is 1.90. The number of nitrogens with two attached hydrogens (primary N) is 1. The molecule has 0 bridgehead atoms. The van der Waals surface area contributed by atoms with Crippen LogP contribution in [0.1, 0.15) is 40.9 Å². The molecule has 1 aliphatic heterocycles. The van der Waals surface area contributed by atoms with E-state index in [4.69, 9.17) is 5.73 Å². The van der Waals surface area contributed by atoms with Gasteiger partial charge in [-0.3, -0.25) is 4.79 Å². The summed E-state index contributed by atoms with van der Waals surface area (Å²) in [4.78, 5) is 26.9. The van der Waals surface area contributed by atoms with Crippen LogP contribution in [-0.4, -0.2) is 32.3 Å². The topological polar surface area (TPSA) is 85.0 Å². The molecular formula is C13H15N5OS. The molecule has 0 aliphatic carbocycles. The first-order chi connectivity index (χ1) is 9.65. The number of carbonyl (C=O) groups is 1. The second-order valence-electron chi connectivity index (χ2n) is 4.80. The van der Waals surface area contributed by atoms with Crippen LogP contribution < -0.4 is 5.73 Å². The predicted molar refractivity (Wildman–Crippen MR) is 76.3 cm³/mol. The molecule has 104 valence electrons. The van der Waals surface area contributed by atoms with Gasteiger partial charge in [0.15, 0.2) is 0 Å². The van der Waals surface area contributed by atoms with Crippen molar-refractivity contribution in [1.82, 2.24) is 19.9 Å². The highest BCUT2D eigenvalue weighted by molar-refractivity contribution is 7.07. The first-order valence-electron chi connectivity index (χ1n) is 6.45. The number of nitrogen functional groups attached to an aromatic ring is 1. The lowest BCUT2D eigenvalue weighted by Crippen LogP contribution is -2.31. The third-order valence-corrected chi connectivity index (χ3v) is 3.97. The zero-order chi connectivity index (χ0) is 14.1. The standard InChI is InChI=1S/C13H15N5OS/c1-8-16-9(5-12(14)17-8)11-3-2-4-18(11)13(19)10-6-20-7-15-10/h5-7,11H,2-4H2,1H3,(H2,14,16,17). The number of hydrogen-bond donors (Lipinski definition) is 1. The number of amides is 1. The van der Waals surface area contributed by atoms with E-state index in [1.165, 1.54) is 11.3 Å². The Morgan fingerprint density at radius 3 is 3.05 bits per heavy atom. The molecule has 3 heterocycles. The molecule has 0 saturated carbocycles. The van der Waals surface area contributed by atoms with Crippen molar-refractivity contribution in [3.8, 4) is 0 Å². The van der Waals surface area contributed by atoms with Crippen LogP contribution in [0.15, 0.2) is 17.0 Å². The normalized spacial score (nSPS) is 18.4. The number of aromatic nitrogens is 3. The summed E-state index contributed by atoms with van der Waals surface area (Å²) in [6.07, 6.45) is 1.86. The maximum Gasteiger partial charge on any atom is 0.273 e. The Labute approximate surface area is 120 Å². The molecule has 1 fully saturated rings. The molecule has 1 amide bonds. The number of likely N-dealkylation sites (tertiary alicyclic amines) is 1. The van der Waals surface area contributed by atoms with Crippen molar-refractivity contribution in [3.63, 3.8) is 0 Å². The van der Waals surface area contributed by atoms with E-state index in [-0.39, 0.29) is 11.9 Å². The second-order valence-corrected chi connectivity index (χ2v) is 5.51. The van der Waals surface area contributed by atoms with E-state index in [9.17, 15) is 4.79 Å². The third-order valence-electron chi connectivity index (χ3n) is 3.38. The molecule has 1 atom stereocenters. The molecule has 3 rings (SSSR count). The average molecular weight is 289 g/mol. The Morgan fingerprint density at radius 1 is 1.50 bits per heavy atom. The van der Waals surface area contributed by atoms with Crippen LogP contribution in [0.2, 0.25) is 0 Å². The highest BCUT2D eigenvalue weighted by Gasteiger charge is 2.32. The molecule has 7 heteroatoms. The lowest BCUT2D eigenvalue weighted by molar-refractivity contribution is 0.0727. The molecule has 0 radical (unpaired) electrons. The number of aryl methyl sites for hydroxylation is 1. The maximum atomic E-state index is 12.5. The van der Waals surface area contributed by atoms with Crippen LogP contribution in [0.4, 0.5) is 5.82 Å². The molecule has 1 aliphatic rings. The second kappa shape index (κ2) is 5.16. The zero-order valence-electron chi connectivity index (χ0n) is 11.1. The van der Waals surface area contributed by atoms with E-state index in [0.29, 0.717) is 17.3 Å². The number of nitrogens with zero attached hydrogens (tertiary/aromatic N) is 4. The molecule has 6 nitrogen and oxygen atoms in total. The number of rotatable bonds is 2. The summed E-state index contributed by atoms with van der Waals surface area (Å²) in [5.74, 6) is 1.04. The summed E-state index contributed by atoms with van der Waals surface area (Å²) in [6, 6.07) is 1.72. The molecule has 20 heavy (non-hydrogen) atoms. The van der Waals surface area contributed by atoms with Crippen LogP contribution in [0.5, 0.6) is 0 Å². The largest absolute Gasteiger partial charge is 0.384 e. The van der Waals surface area contributed by atoms with Gasteiger partial charge in [-0.05, 0) is 19.8 Å². The summed E-state index contributed by atoms with van der Waals surface area (Å²) >= 11 is 1.42. The Kier molecular flexibility index (Phi) is 3.35. The summed E-state index contributed by atoms with van der Waals surface area (Å²) in [5, 5.41) is 1.78. The summed E-state index contributed by atoms with van der Waals surface area (Å²) in [6.45, 7) is 2.53. The highest BCUT2D eigenvalue weighted by atomic mass is 32.1. The maximum absolute atomic E-state index is 12.5. The van der Waals surface area contributed by atoms with E-state index in [0.717, 1.165) is 25.1 Å². The fraction of sp³-hybridized carbons (Fsp3) is 0.385. The minimum absolute atomic E-state index is 0.0341. The SMILES string of the molecule is Cc1nc(N)cc(C2CCCN2C(=O)c2cscn2)n1. The van der Waals surface area contributed by atoms with Crippen LogP contribution in [0, 0.1) is 6.92 Å². The molecule has 2 aromatic rings. The lowest BCUT2D eigenvalue weighted by Gasteiger charge is -2.23. The van der Waals surface area contributed by atoms with E-state index in [1.807, 2.05) is 4.90 Å². The smallest absolute Gasteiger partial charge is 0.273 e. The van der Waals surface area contributed by atoms with Crippen molar-refractivity contribution < 1.29 is 4.79 Å². The molecular weight excluding hydrogens is 274 g/mol. The third kappa shape index (κ3) is 2.36. The monoisotopic (exact) mass is 289 g/mol. The van der Waals surface area contributed by atoms with Crippen LogP contribution in [0.3, 0.4) is 0 Å². The van der Waals surface area contributed by atoms with Gasteiger partial charge >= 0.3 is 0 Å². The fourth-order valence-corrected chi connectivity index (χ4v) is 3.09. The number of hydrogen-bond acceptors (Lipinski definition) is 6. The van der Waals surface area contributed by atoms with Gasteiger partial charge in [0.2, 0.25) is 0 Å². The van der Waals surface area contributed by atoms with Crippen LogP contribution >= 0.6 is 11.3 Å². The van der Waals surface area contributed by atoms with E-state index < -0.39 is 0 Å². The molecule has 0 aromatic carbocycles. The summed E-state index contributed by atoms with van der Waals surface area (Å²) in [5.41, 5.74) is 8.77. The number of thiazole rings is 1. The van der Waals surface area contributed by atoms with E-state index in [2.05, 4.69) is 15.0 Å². The van der Waals surface area contributed by atoms with Gasteiger partial charge in [0.1, 0.15) is 17.3 Å².